The van der Waals surface area contributed by atoms with Gasteiger partial charge in [-0.3, -0.25) is 19.7 Å². The third-order valence-corrected chi connectivity index (χ3v) is 6.90. The van der Waals surface area contributed by atoms with Crippen molar-refractivity contribution in [3.8, 4) is 5.75 Å². The third-order valence-electron chi connectivity index (χ3n) is 6.59. The number of nitrogens with one attached hydrogen (secondary N) is 1. The zero-order chi connectivity index (χ0) is 25.7. The van der Waals surface area contributed by atoms with E-state index in [4.69, 9.17) is 21.1 Å². The van der Waals surface area contributed by atoms with E-state index in [1.807, 2.05) is 30.3 Å². The Hall–Kier alpha value is -3.50. The van der Waals surface area contributed by atoms with E-state index in [9.17, 15) is 19.6 Å². The van der Waals surface area contributed by atoms with Gasteiger partial charge >= 0.3 is 6.09 Å². The topological polar surface area (TPSA) is 112 Å². The number of carbonyl (C=O) groups excluding carboxylic acids is 3. The molecule has 2 aliphatic rings. The predicted octanol–water partition coefficient (Wildman–Crippen LogP) is 2.40. The first-order chi connectivity index (χ1) is 17.4. The maximum atomic E-state index is 13.7. The largest absolute Gasteiger partial charge is 0.487 e. The third kappa shape index (κ3) is 5.50. The Kier molecular flexibility index (Phi) is 8.17. The Morgan fingerprint density at radius 1 is 1.00 bits per heavy atom. The summed E-state index contributed by atoms with van der Waals surface area (Å²) in [7, 11) is 1.21. The van der Waals surface area contributed by atoms with Crippen molar-refractivity contribution in [2.24, 2.45) is 5.92 Å². The number of hydroxylamine groups is 1. The van der Waals surface area contributed by atoms with Gasteiger partial charge in [0.15, 0.2) is 0 Å². The molecule has 2 fully saturated rings. The number of halogens is 1. The maximum absolute atomic E-state index is 13.7. The molecule has 2 aromatic carbocycles. The lowest BCUT2D eigenvalue weighted by atomic mass is 9.86. The molecule has 0 spiro atoms. The SMILES string of the molecule is COC(=O)N1C[C@@H](Oc2ccccc2Cl)C[C@H](C(=O)NO)[C@H]1C(=O)N1CCN(c2ccccc2)CC1. The number of rotatable bonds is 5. The Balaban J connectivity index is 1.54. The molecule has 3 amide bonds. The highest BCUT2D eigenvalue weighted by Gasteiger charge is 2.49. The first-order valence-electron chi connectivity index (χ1n) is 11.7. The fourth-order valence-corrected chi connectivity index (χ4v) is 4.98. The summed E-state index contributed by atoms with van der Waals surface area (Å²) in [5.41, 5.74) is 2.71. The van der Waals surface area contributed by atoms with Crippen molar-refractivity contribution in [2.45, 2.75) is 18.6 Å². The van der Waals surface area contributed by atoms with Crippen LogP contribution in [0.1, 0.15) is 6.42 Å². The molecular formula is C25H29ClN4O6. The second-order valence-corrected chi connectivity index (χ2v) is 9.11. The quantitative estimate of drug-likeness (QED) is 0.463. The van der Waals surface area contributed by atoms with Gasteiger partial charge < -0.3 is 19.3 Å². The fraction of sp³-hybridized carbons (Fsp3) is 0.400. The molecule has 36 heavy (non-hydrogen) atoms. The van der Waals surface area contributed by atoms with Crippen molar-refractivity contribution < 1.29 is 29.1 Å². The van der Waals surface area contributed by atoms with Crippen LogP contribution in [0.3, 0.4) is 0 Å². The molecule has 0 unspecified atom stereocenters. The normalized spacial score (nSPS) is 22.1. The van der Waals surface area contributed by atoms with Gasteiger partial charge in [0.25, 0.3) is 0 Å². The Bertz CT molecular complexity index is 1050. The van der Waals surface area contributed by atoms with Crippen molar-refractivity contribution in [2.75, 3.05) is 44.7 Å². The van der Waals surface area contributed by atoms with E-state index in [-0.39, 0.29) is 18.9 Å². The molecule has 0 aliphatic carbocycles. The van der Waals surface area contributed by atoms with Gasteiger partial charge in [0, 0.05) is 38.3 Å². The fourth-order valence-electron chi connectivity index (χ4n) is 4.80. The van der Waals surface area contributed by atoms with Crippen LogP contribution in [0.15, 0.2) is 54.6 Å². The van der Waals surface area contributed by atoms with E-state index in [0.717, 1.165) is 5.69 Å². The molecule has 11 heteroatoms. The molecule has 2 saturated heterocycles. The molecule has 0 radical (unpaired) electrons. The average molecular weight is 517 g/mol. The van der Waals surface area contributed by atoms with Crippen molar-refractivity contribution in [1.82, 2.24) is 15.3 Å². The molecule has 0 aromatic heterocycles. The summed E-state index contributed by atoms with van der Waals surface area (Å²) in [4.78, 5) is 44.2. The molecule has 2 heterocycles. The van der Waals surface area contributed by atoms with Gasteiger partial charge in [0.05, 0.1) is 24.6 Å². The number of amides is 3. The van der Waals surface area contributed by atoms with Crippen LogP contribution in [0.2, 0.25) is 5.02 Å². The van der Waals surface area contributed by atoms with Crippen molar-refractivity contribution >= 4 is 35.2 Å². The summed E-state index contributed by atoms with van der Waals surface area (Å²) in [5, 5.41) is 9.81. The predicted molar refractivity (Wildman–Crippen MR) is 132 cm³/mol. The number of methoxy groups -OCH3 is 1. The number of para-hydroxylation sites is 2. The second-order valence-electron chi connectivity index (χ2n) is 8.70. The van der Waals surface area contributed by atoms with Gasteiger partial charge in [-0.25, -0.2) is 10.3 Å². The lowest BCUT2D eigenvalue weighted by Gasteiger charge is -2.45. The van der Waals surface area contributed by atoms with E-state index in [1.54, 1.807) is 34.6 Å². The van der Waals surface area contributed by atoms with Gasteiger partial charge in [-0.15, -0.1) is 0 Å². The van der Waals surface area contributed by atoms with Crippen molar-refractivity contribution in [3.05, 3.63) is 59.6 Å². The Morgan fingerprint density at radius 3 is 2.31 bits per heavy atom. The van der Waals surface area contributed by atoms with Crippen LogP contribution in [0.4, 0.5) is 10.5 Å². The smallest absolute Gasteiger partial charge is 0.410 e. The van der Waals surface area contributed by atoms with E-state index in [2.05, 4.69) is 4.90 Å². The number of nitrogens with zero attached hydrogens (tertiary/aromatic N) is 3. The summed E-state index contributed by atoms with van der Waals surface area (Å²) in [6, 6.07) is 15.6. The molecule has 4 rings (SSSR count). The second kappa shape index (κ2) is 11.5. The number of piperidine rings is 1. The van der Waals surface area contributed by atoms with Gasteiger partial charge in [-0.2, -0.15) is 0 Å². The minimum absolute atomic E-state index is 0.00743. The summed E-state index contributed by atoms with van der Waals surface area (Å²) < 4.78 is 10.9. The number of likely N-dealkylation sites (tertiary alicyclic amines) is 1. The highest BCUT2D eigenvalue weighted by atomic mass is 35.5. The first kappa shape index (κ1) is 25.6. The van der Waals surface area contributed by atoms with E-state index < -0.39 is 30.1 Å². The van der Waals surface area contributed by atoms with Gasteiger partial charge in [-0.1, -0.05) is 41.9 Å². The molecule has 0 bridgehead atoms. The van der Waals surface area contributed by atoms with Crippen LogP contribution >= 0.6 is 11.6 Å². The lowest BCUT2D eigenvalue weighted by Crippen LogP contribution is -2.64. The summed E-state index contributed by atoms with van der Waals surface area (Å²) >= 11 is 6.22. The summed E-state index contributed by atoms with van der Waals surface area (Å²) in [5.74, 6) is -1.83. The van der Waals surface area contributed by atoms with Gasteiger partial charge in [0.1, 0.15) is 17.9 Å². The molecule has 2 aromatic rings. The molecule has 0 saturated carbocycles. The standard InChI is InChI=1S/C25H29ClN4O6/c1-35-25(33)30-16-18(36-21-10-6-5-9-20(21)26)15-19(23(31)27-34)22(30)24(32)29-13-11-28(12-14-29)17-7-3-2-4-8-17/h2-10,18-19,22,34H,11-16H2,1H3,(H,27,31)/t18-,19-,22-/m0/s1. The molecule has 10 nitrogen and oxygen atoms in total. The van der Waals surface area contributed by atoms with Crippen LogP contribution in [-0.4, -0.2) is 84.9 Å². The maximum Gasteiger partial charge on any atom is 0.410 e. The van der Waals surface area contributed by atoms with Crippen molar-refractivity contribution in [1.29, 1.82) is 0 Å². The number of hydrogen-bond donors (Lipinski definition) is 2. The number of benzene rings is 2. The summed E-state index contributed by atoms with van der Waals surface area (Å²) in [6.07, 6.45) is -1.34. The van der Waals surface area contributed by atoms with E-state index in [1.165, 1.54) is 12.0 Å². The first-order valence-corrected chi connectivity index (χ1v) is 12.1. The van der Waals surface area contributed by atoms with Crippen LogP contribution in [0.5, 0.6) is 5.75 Å². The van der Waals surface area contributed by atoms with Gasteiger partial charge in [0.2, 0.25) is 11.8 Å². The molecular weight excluding hydrogens is 488 g/mol. The van der Waals surface area contributed by atoms with Crippen LogP contribution < -0.4 is 15.1 Å². The highest BCUT2D eigenvalue weighted by Crippen LogP contribution is 2.32. The average Bonchev–Trinajstić information content (AvgIpc) is 2.93. The molecule has 192 valence electrons. The zero-order valence-electron chi connectivity index (χ0n) is 19.9. The molecule has 2 aliphatic heterocycles. The highest BCUT2D eigenvalue weighted by molar-refractivity contribution is 6.32. The van der Waals surface area contributed by atoms with Crippen LogP contribution in [0, 0.1) is 5.92 Å². The Morgan fingerprint density at radius 2 is 1.67 bits per heavy atom. The van der Waals surface area contributed by atoms with E-state index >= 15 is 0 Å². The van der Waals surface area contributed by atoms with Crippen LogP contribution in [-0.2, 0) is 14.3 Å². The monoisotopic (exact) mass is 516 g/mol. The zero-order valence-corrected chi connectivity index (χ0v) is 20.6. The minimum Gasteiger partial charge on any atom is -0.487 e. The van der Waals surface area contributed by atoms with E-state index in [0.29, 0.717) is 37.0 Å². The number of hydrogen-bond acceptors (Lipinski definition) is 7. The molecule has 3 atom stereocenters. The van der Waals surface area contributed by atoms with Crippen LogP contribution in [0.25, 0.3) is 0 Å². The number of piperazine rings is 1. The Labute approximate surface area is 214 Å². The summed E-state index contributed by atoms with van der Waals surface area (Å²) in [6.45, 7) is 2.07. The lowest BCUT2D eigenvalue weighted by molar-refractivity contribution is -0.151. The molecule has 2 N–H and O–H groups in total. The number of carbonyl (C=O) groups is 3. The number of ether oxygens (including phenoxy) is 2. The van der Waals surface area contributed by atoms with Crippen molar-refractivity contribution in [3.63, 3.8) is 0 Å². The number of anilines is 1. The minimum atomic E-state index is -1.15. The van der Waals surface area contributed by atoms with Gasteiger partial charge in [-0.05, 0) is 24.3 Å².